The molecule has 1 fully saturated rings. The van der Waals surface area contributed by atoms with Crippen molar-refractivity contribution in [3.63, 3.8) is 0 Å². The number of piperidine rings is 1. The van der Waals surface area contributed by atoms with Gasteiger partial charge in [0.15, 0.2) is 11.2 Å². The number of ether oxygens (including phenoxy) is 1. The van der Waals surface area contributed by atoms with Crippen LogP contribution in [0.1, 0.15) is 55.1 Å². The molecule has 37 heavy (non-hydrogen) atoms. The van der Waals surface area contributed by atoms with Gasteiger partial charge in [-0.1, -0.05) is 12.1 Å². The van der Waals surface area contributed by atoms with Crippen molar-refractivity contribution >= 4 is 16.8 Å². The van der Waals surface area contributed by atoms with Crippen LogP contribution in [0.15, 0.2) is 35.5 Å². The van der Waals surface area contributed by atoms with Crippen LogP contribution in [0, 0.1) is 6.92 Å². The summed E-state index contributed by atoms with van der Waals surface area (Å²) in [4.78, 5) is 27.0. The number of fused-ring (bicyclic) bond motifs is 3. The number of rotatable bonds is 3. The highest BCUT2D eigenvalue weighted by Gasteiger charge is 2.39. The number of benzene rings is 1. The minimum Gasteiger partial charge on any atom is -0.463 e. The molecule has 4 heterocycles. The van der Waals surface area contributed by atoms with E-state index in [9.17, 15) is 18.0 Å². The second-order valence-corrected chi connectivity index (χ2v) is 9.60. The van der Waals surface area contributed by atoms with Gasteiger partial charge in [0, 0.05) is 38.2 Å². The first-order chi connectivity index (χ1) is 17.5. The Hall–Kier alpha value is -3.50. The van der Waals surface area contributed by atoms with Crippen LogP contribution in [0.25, 0.3) is 10.9 Å². The Labute approximate surface area is 210 Å². The molecular weight excluding hydrogens is 490 g/mol. The fraction of sp³-hybridized carbons (Fsp3) is 0.462. The van der Waals surface area contributed by atoms with Crippen molar-refractivity contribution in [2.75, 3.05) is 19.7 Å². The van der Waals surface area contributed by atoms with Gasteiger partial charge in [0.05, 0.1) is 35.6 Å². The number of hydrogen-bond acceptors (Lipinski definition) is 5. The quantitative estimate of drug-likeness (QED) is 0.476. The van der Waals surface area contributed by atoms with Gasteiger partial charge in [0.1, 0.15) is 6.61 Å². The fourth-order valence-electron chi connectivity index (χ4n) is 5.15. The predicted octanol–water partition coefficient (Wildman–Crippen LogP) is 4.62. The molecule has 0 radical (unpaired) electrons. The standard InChI is InChI=1S/C26H27F4N5O2/c1-15-18(5-4-6-20(15)26(28,29)30)16(2)32-23-19-13-22(25(27)7-9-34(10-8-25)17(3)36)31-14-21(19)35-11-12-37-24(35)33-23/h4-6,13-14,16H,7-12H2,1-3H3/t16-/m1/s1. The Morgan fingerprint density at radius 3 is 2.62 bits per heavy atom. The smallest absolute Gasteiger partial charge is 0.416 e. The van der Waals surface area contributed by atoms with Crippen LogP contribution < -0.4 is 10.2 Å². The Morgan fingerprint density at radius 1 is 1.22 bits per heavy atom. The minimum absolute atomic E-state index is 0.0929. The molecule has 11 heteroatoms. The fourth-order valence-corrected chi connectivity index (χ4v) is 5.15. The van der Waals surface area contributed by atoms with E-state index in [1.807, 2.05) is 4.57 Å². The third-order valence-corrected chi connectivity index (χ3v) is 7.30. The number of halogens is 4. The molecule has 0 spiro atoms. The van der Waals surface area contributed by atoms with Crippen molar-refractivity contribution in [1.82, 2.24) is 19.4 Å². The molecule has 0 bridgehead atoms. The van der Waals surface area contributed by atoms with E-state index in [1.54, 1.807) is 30.2 Å². The first kappa shape index (κ1) is 25.2. The third kappa shape index (κ3) is 4.55. The number of carbonyl (C=O) groups excluding carboxylic acids is 1. The maximum atomic E-state index is 16.0. The molecule has 1 saturated heterocycles. The second-order valence-electron chi connectivity index (χ2n) is 9.60. The molecule has 1 amide bonds. The monoisotopic (exact) mass is 517 g/mol. The first-order valence-corrected chi connectivity index (χ1v) is 12.2. The van der Waals surface area contributed by atoms with Crippen molar-refractivity contribution in [3.8, 4) is 6.01 Å². The lowest BCUT2D eigenvalue weighted by Gasteiger charge is -2.35. The maximum absolute atomic E-state index is 16.0. The van der Waals surface area contributed by atoms with Crippen molar-refractivity contribution in [3.05, 3.63) is 58.3 Å². The highest BCUT2D eigenvalue weighted by Crippen LogP contribution is 2.38. The summed E-state index contributed by atoms with van der Waals surface area (Å²) in [7, 11) is 0. The molecule has 3 aromatic rings. The molecule has 2 aliphatic heterocycles. The van der Waals surface area contributed by atoms with Gasteiger partial charge in [-0.15, -0.1) is 0 Å². The van der Waals surface area contributed by atoms with Gasteiger partial charge in [-0.2, -0.15) is 18.2 Å². The van der Waals surface area contributed by atoms with Crippen molar-refractivity contribution in [2.45, 2.75) is 58.0 Å². The van der Waals surface area contributed by atoms with Gasteiger partial charge in [-0.05, 0) is 37.1 Å². The summed E-state index contributed by atoms with van der Waals surface area (Å²) in [6.45, 7) is 6.12. The number of amides is 1. The average molecular weight is 518 g/mol. The molecule has 196 valence electrons. The lowest BCUT2D eigenvalue weighted by molar-refractivity contribution is -0.138. The van der Waals surface area contributed by atoms with Crippen LogP contribution in [-0.4, -0.2) is 45.0 Å². The molecule has 0 unspecified atom stereocenters. The lowest BCUT2D eigenvalue weighted by atomic mass is 9.89. The van der Waals surface area contributed by atoms with Crippen LogP contribution >= 0.6 is 0 Å². The van der Waals surface area contributed by atoms with Crippen molar-refractivity contribution < 1.29 is 27.1 Å². The molecule has 2 aromatic heterocycles. The molecule has 0 aliphatic carbocycles. The zero-order valence-electron chi connectivity index (χ0n) is 20.8. The van der Waals surface area contributed by atoms with Crippen LogP contribution in [0.2, 0.25) is 0 Å². The zero-order valence-corrected chi connectivity index (χ0v) is 20.8. The van der Waals surface area contributed by atoms with Gasteiger partial charge in [-0.3, -0.25) is 19.3 Å². The molecule has 2 aliphatic rings. The van der Waals surface area contributed by atoms with Gasteiger partial charge < -0.3 is 9.64 Å². The topological polar surface area (TPSA) is 72.6 Å². The van der Waals surface area contributed by atoms with E-state index >= 15 is 4.39 Å². The number of pyridine rings is 1. The molecule has 1 aromatic carbocycles. The van der Waals surface area contributed by atoms with Crippen LogP contribution in [0.4, 0.5) is 17.6 Å². The number of carbonyl (C=O) groups is 1. The van der Waals surface area contributed by atoms with Crippen LogP contribution in [0.3, 0.4) is 0 Å². The predicted molar refractivity (Wildman–Crippen MR) is 127 cm³/mol. The first-order valence-electron chi connectivity index (χ1n) is 12.2. The summed E-state index contributed by atoms with van der Waals surface area (Å²) in [5.41, 5.74) is -0.773. The summed E-state index contributed by atoms with van der Waals surface area (Å²) in [6.07, 6.45) is -2.67. The Morgan fingerprint density at radius 2 is 1.95 bits per heavy atom. The van der Waals surface area contributed by atoms with Gasteiger partial charge in [0.25, 0.3) is 6.01 Å². The van der Waals surface area contributed by atoms with Crippen molar-refractivity contribution in [1.29, 1.82) is 0 Å². The minimum atomic E-state index is -4.48. The Balaban J connectivity index is 1.61. The number of hydrogen-bond donors (Lipinski definition) is 0. The Bertz CT molecular complexity index is 1440. The van der Waals surface area contributed by atoms with Gasteiger partial charge >= 0.3 is 6.18 Å². The number of aromatic nitrogens is 3. The van der Waals surface area contributed by atoms with Gasteiger partial charge in [-0.25, -0.2) is 4.39 Å². The van der Waals surface area contributed by atoms with E-state index in [0.717, 1.165) is 6.07 Å². The van der Waals surface area contributed by atoms with E-state index in [2.05, 4.69) is 15.0 Å². The molecule has 1 atom stereocenters. The largest absolute Gasteiger partial charge is 0.463 e. The molecule has 0 saturated carbocycles. The van der Waals surface area contributed by atoms with E-state index < -0.39 is 23.5 Å². The molecular formula is C26H27F4N5O2. The Kier molecular flexibility index (Phi) is 6.19. The van der Waals surface area contributed by atoms with E-state index in [-0.39, 0.29) is 35.5 Å². The SMILES string of the molecule is CC(=O)N1CCC(F)(c2cc3c(=N[C@H](C)c4cccc(C(F)(F)F)c4C)nc4n(c3cn2)CCO4)CC1. The summed E-state index contributed by atoms with van der Waals surface area (Å²) in [5, 5.41) is 0.543. The maximum Gasteiger partial charge on any atom is 0.416 e. The van der Waals surface area contributed by atoms with Crippen LogP contribution in [-0.2, 0) is 23.2 Å². The number of likely N-dealkylation sites (tertiary alicyclic amines) is 1. The van der Waals surface area contributed by atoms with Gasteiger partial charge in [0.2, 0.25) is 5.91 Å². The van der Waals surface area contributed by atoms with E-state index in [0.29, 0.717) is 48.7 Å². The normalized spacial score (nSPS) is 18.6. The second kappa shape index (κ2) is 9.11. The number of nitrogens with zero attached hydrogens (tertiary/aromatic N) is 5. The molecule has 7 nitrogen and oxygen atoms in total. The molecule has 0 N–H and O–H groups in total. The zero-order chi connectivity index (χ0) is 26.5. The van der Waals surface area contributed by atoms with Crippen molar-refractivity contribution in [2.24, 2.45) is 4.99 Å². The lowest BCUT2D eigenvalue weighted by Crippen LogP contribution is -2.42. The van der Waals surface area contributed by atoms with Crippen LogP contribution in [0.5, 0.6) is 6.01 Å². The van der Waals surface area contributed by atoms with E-state index in [1.165, 1.54) is 19.9 Å². The molecule has 5 rings (SSSR count). The summed E-state index contributed by atoms with van der Waals surface area (Å²) in [5.74, 6) is -0.0929. The number of alkyl halides is 4. The van der Waals surface area contributed by atoms with E-state index in [4.69, 9.17) is 4.74 Å². The summed E-state index contributed by atoms with van der Waals surface area (Å²) < 4.78 is 63.9. The third-order valence-electron chi connectivity index (χ3n) is 7.30. The summed E-state index contributed by atoms with van der Waals surface area (Å²) >= 11 is 0. The highest BCUT2D eigenvalue weighted by molar-refractivity contribution is 5.78. The highest BCUT2D eigenvalue weighted by atomic mass is 19.4. The average Bonchev–Trinajstić information content (AvgIpc) is 3.32. The summed E-state index contributed by atoms with van der Waals surface area (Å²) in [6, 6.07) is 5.34.